The molecule has 18 heavy (non-hydrogen) atoms. The number of aromatic nitrogens is 5. The molecule has 3 rings (SSSR count). The maximum atomic E-state index is 6.03. The molecule has 2 N–H and O–H groups in total. The highest BCUT2D eigenvalue weighted by atomic mass is 15.3. The fourth-order valence-corrected chi connectivity index (χ4v) is 2.45. The van der Waals surface area contributed by atoms with Gasteiger partial charge in [-0.3, -0.25) is 4.68 Å². The smallest absolute Gasteiger partial charge is 0.182 e. The monoisotopic (exact) mass is 246 g/mol. The number of rotatable bonds is 2. The average molecular weight is 246 g/mol. The van der Waals surface area contributed by atoms with E-state index in [1.54, 1.807) is 0 Å². The first-order chi connectivity index (χ1) is 8.69. The molecule has 0 aliphatic carbocycles. The number of nitrogens with two attached hydrogens (primary N) is 1. The van der Waals surface area contributed by atoms with Crippen LogP contribution < -0.4 is 5.73 Å². The van der Waals surface area contributed by atoms with Gasteiger partial charge in [0.05, 0.1) is 5.69 Å². The summed E-state index contributed by atoms with van der Waals surface area (Å²) in [4.78, 5) is 0. The lowest BCUT2D eigenvalue weighted by Gasteiger charge is -2.20. The summed E-state index contributed by atoms with van der Waals surface area (Å²) in [5.74, 6) is 1.92. The molecule has 0 radical (unpaired) electrons. The van der Waals surface area contributed by atoms with Crippen LogP contribution in [0.15, 0.2) is 6.07 Å². The summed E-state index contributed by atoms with van der Waals surface area (Å²) in [7, 11) is 1.94. The molecular formula is C12H18N6. The Morgan fingerprint density at radius 1 is 1.44 bits per heavy atom. The van der Waals surface area contributed by atoms with Crippen molar-refractivity contribution in [3.05, 3.63) is 17.6 Å². The summed E-state index contributed by atoms with van der Waals surface area (Å²) in [5.41, 5.74) is 8.11. The van der Waals surface area contributed by atoms with E-state index in [0.717, 1.165) is 48.8 Å². The van der Waals surface area contributed by atoms with Crippen LogP contribution in [0.25, 0.3) is 11.5 Å². The molecule has 2 aromatic rings. The molecular weight excluding hydrogens is 228 g/mol. The summed E-state index contributed by atoms with van der Waals surface area (Å²) in [6.45, 7) is 2.89. The number of hydrogen-bond acceptors (Lipinski definition) is 4. The third-order valence-corrected chi connectivity index (χ3v) is 3.50. The second-order valence-electron chi connectivity index (χ2n) is 4.85. The van der Waals surface area contributed by atoms with Gasteiger partial charge < -0.3 is 10.3 Å². The molecule has 0 aromatic carbocycles. The fourth-order valence-electron chi connectivity index (χ4n) is 2.45. The zero-order valence-corrected chi connectivity index (χ0v) is 10.8. The van der Waals surface area contributed by atoms with Crippen molar-refractivity contribution in [3.63, 3.8) is 0 Å². The minimum Gasteiger partial charge on any atom is -0.326 e. The van der Waals surface area contributed by atoms with Gasteiger partial charge in [0.15, 0.2) is 5.82 Å². The molecule has 0 saturated carbocycles. The van der Waals surface area contributed by atoms with E-state index in [2.05, 4.69) is 32.9 Å². The number of nitrogens with zero attached hydrogens (tertiary/aromatic N) is 5. The van der Waals surface area contributed by atoms with Gasteiger partial charge >= 0.3 is 0 Å². The topological polar surface area (TPSA) is 74.6 Å². The van der Waals surface area contributed by atoms with Crippen molar-refractivity contribution in [3.8, 4) is 11.5 Å². The maximum absolute atomic E-state index is 6.03. The van der Waals surface area contributed by atoms with Gasteiger partial charge in [0, 0.05) is 26.1 Å². The van der Waals surface area contributed by atoms with Crippen LogP contribution in [0.4, 0.5) is 0 Å². The lowest BCUT2D eigenvalue weighted by Crippen LogP contribution is -2.32. The van der Waals surface area contributed by atoms with E-state index in [9.17, 15) is 0 Å². The van der Waals surface area contributed by atoms with Gasteiger partial charge in [-0.15, -0.1) is 10.2 Å². The van der Waals surface area contributed by atoms with E-state index >= 15 is 0 Å². The molecule has 96 valence electrons. The number of fused-ring (bicyclic) bond motifs is 1. The van der Waals surface area contributed by atoms with Gasteiger partial charge in [-0.1, -0.05) is 6.92 Å². The van der Waals surface area contributed by atoms with Crippen molar-refractivity contribution >= 4 is 0 Å². The molecule has 1 aliphatic heterocycles. The minimum absolute atomic E-state index is 0.200. The van der Waals surface area contributed by atoms with E-state index in [0.29, 0.717) is 0 Å². The third-order valence-electron chi connectivity index (χ3n) is 3.50. The molecule has 0 amide bonds. The number of aryl methyl sites for hydroxylation is 3. The van der Waals surface area contributed by atoms with Gasteiger partial charge in [0.2, 0.25) is 0 Å². The van der Waals surface area contributed by atoms with Crippen LogP contribution in [0.5, 0.6) is 0 Å². The van der Waals surface area contributed by atoms with Crippen molar-refractivity contribution in [2.45, 2.75) is 38.8 Å². The highest BCUT2D eigenvalue weighted by Crippen LogP contribution is 2.23. The van der Waals surface area contributed by atoms with Gasteiger partial charge in [-0.05, 0) is 18.9 Å². The molecule has 0 saturated heterocycles. The first kappa shape index (κ1) is 11.4. The standard InChI is InChI=1S/C12H18N6/c1-3-9-6-10(17(2)16-9)12-15-14-11-5-4-8(13)7-18(11)12/h6,8H,3-5,7,13H2,1-2H3. The molecule has 0 fully saturated rings. The van der Waals surface area contributed by atoms with Crippen LogP contribution in [0, 0.1) is 0 Å². The third kappa shape index (κ3) is 1.73. The van der Waals surface area contributed by atoms with E-state index in [1.165, 1.54) is 0 Å². The Bertz CT molecular complexity index is 567. The highest BCUT2D eigenvalue weighted by Gasteiger charge is 2.22. The normalized spacial score (nSPS) is 18.9. The zero-order chi connectivity index (χ0) is 12.7. The first-order valence-corrected chi connectivity index (χ1v) is 6.40. The largest absolute Gasteiger partial charge is 0.326 e. The van der Waals surface area contributed by atoms with E-state index in [4.69, 9.17) is 5.73 Å². The Hall–Kier alpha value is -1.69. The molecule has 6 heteroatoms. The van der Waals surface area contributed by atoms with Crippen LogP contribution in [0.3, 0.4) is 0 Å². The Morgan fingerprint density at radius 3 is 3.00 bits per heavy atom. The fraction of sp³-hybridized carbons (Fsp3) is 0.583. The molecule has 2 aromatic heterocycles. The van der Waals surface area contributed by atoms with E-state index in [-0.39, 0.29) is 6.04 Å². The molecule has 0 spiro atoms. The van der Waals surface area contributed by atoms with Gasteiger partial charge in [0.1, 0.15) is 11.5 Å². The summed E-state index contributed by atoms with van der Waals surface area (Å²) < 4.78 is 4.00. The Kier molecular flexibility index (Phi) is 2.66. The van der Waals surface area contributed by atoms with Gasteiger partial charge in [0.25, 0.3) is 0 Å². The Labute approximate surface area is 106 Å². The number of hydrogen-bond donors (Lipinski definition) is 1. The van der Waals surface area contributed by atoms with Crippen LogP contribution in [-0.2, 0) is 26.4 Å². The molecule has 1 atom stereocenters. The summed E-state index contributed by atoms with van der Waals surface area (Å²) in [6.07, 6.45) is 2.82. The summed E-state index contributed by atoms with van der Waals surface area (Å²) in [5, 5.41) is 13.0. The van der Waals surface area contributed by atoms with Gasteiger partial charge in [-0.25, -0.2) is 0 Å². The van der Waals surface area contributed by atoms with Crippen molar-refractivity contribution in [2.24, 2.45) is 12.8 Å². The van der Waals surface area contributed by atoms with Crippen LogP contribution >= 0.6 is 0 Å². The lowest BCUT2D eigenvalue weighted by molar-refractivity contribution is 0.455. The van der Waals surface area contributed by atoms with Crippen LogP contribution in [-0.4, -0.2) is 30.6 Å². The first-order valence-electron chi connectivity index (χ1n) is 6.40. The Balaban J connectivity index is 2.06. The summed E-state index contributed by atoms with van der Waals surface area (Å²) >= 11 is 0. The molecule has 3 heterocycles. The average Bonchev–Trinajstić information content (AvgIpc) is 2.92. The minimum atomic E-state index is 0.200. The predicted octanol–water partition coefficient (Wildman–Crippen LogP) is 0.514. The second-order valence-corrected chi connectivity index (χ2v) is 4.85. The predicted molar refractivity (Wildman–Crippen MR) is 67.9 cm³/mol. The van der Waals surface area contributed by atoms with Crippen molar-refractivity contribution in [1.82, 2.24) is 24.5 Å². The Morgan fingerprint density at radius 2 is 2.28 bits per heavy atom. The van der Waals surface area contributed by atoms with Crippen LogP contribution in [0.2, 0.25) is 0 Å². The second kappa shape index (κ2) is 4.20. The van der Waals surface area contributed by atoms with E-state index in [1.807, 2.05) is 11.7 Å². The van der Waals surface area contributed by atoms with Crippen molar-refractivity contribution in [1.29, 1.82) is 0 Å². The maximum Gasteiger partial charge on any atom is 0.182 e. The molecule has 6 nitrogen and oxygen atoms in total. The highest BCUT2D eigenvalue weighted by molar-refractivity contribution is 5.51. The van der Waals surface area contributed by atoms with Crippen molar-refractivity contribution < 1.29 is 0 Å². The quantitative estimate of drug-likeness (QED) is 0.838. The molecule has 1 aliphatic rings. The molecule has 0 bridgehead atoms. The summed E-state index contributed by atoms with van der Waals surface area (Å²) in [6, 6.07) is 2.28. The van der Waals surface area contributed by atoms with Crippen LogP contribution in [0.1, 0.15) is 24.9 Å². The van der Waals surface area contributed by atoms with Crippen molar-refractivity contribution in [2.75, 3.05) is 0 Å². The van der Waals surface area contributed by atoms with Gasteiger partial charge in [-0.2, -0.15) is 5.10 Å². The zero-order valence-electron chi connectivity index (χ0n) is 10.8. The lowest BCUT2D eigenvalue weighted by atomic mass is 10.1. The van der Waals surface area contributed by atoms with E-state index < -0.39 is 0 Å². The molecule has 1 unspecified atom stereocenters. The SMILES string of the molecule is CCc1cc(-c2nnc3n2CC(N)CC3)n(C)n1.